The lowest BCUT2D eigenvalue weighted by Gasteiger charge is -2.10. The number of carbonyl (C=O) groups excluding carboxylic acids is 1. The fourth-order valence-electron chi connectivity index (χ4n) is 3.48. The Morgan fingerprint density at radius 3 is 2.44 bits per heavy atom. The molecule has 0 aliphatic heterocycles. The third kappa shape index (κ3) is 5.65. The molecule has 0 spiro atoms. The highest BCUT2D eigenvalue weighted by Gasteiger charge is 2.12. The number of hydrogen-bond acceptors (Lipinski definition) is 5. The SMILES string of the molecule is CN(C)Cc1ccc(C(=O)Nc2ccc(-c3nnc(COc4cccc(F)c4)n3C)cc2)cc1. The molecule has 8 heteroatoms. The maximum atomic E-state index is 13.3. The molecule has 0 saturated heterocycles. The van der Waals surface area contributed by atoms with Gasteiger partial charge in [-0.05, 0) is 68.2 Å². The molecule has 7 nitrogen and oxygen atoms in total. The smallest absolute Gasteiger partial charge is 0.255 e. The number of carbonyl (C=O) groups is 1. The molecule has 0 unspecified atom stereocenters. The molecule has 1 aromatic heterocycles. The Kier molecular flexibility index (Phi) is 6.98. The van der Waals surface area contributed by atoms with Gasteiger partial charge in [-0.15, -0.1) is 10.2 Å². The quantitative estimate of drug-likeness (QED) is 0.420. The summed E-state index contributed by atoms with van der Waals surface area (Å²) in [6.45, 7) is 0.985. The van der Waals surface area contributed by atoms with Crippen LogP contribution in [0, 0.1) is 5.82 Å². The van der Waals surface area contributed by atoms with Crippen LogP contribution in [0.1, 0.15) is 21.7 Å². The van der Waals surface area contributed by atoms with E-state index >= 15 is 0 Å². The first-order valence-electron chi connectivity index (χ1n) is 10.8. The largest absolute Gasteiger partial charge is 0.486 e. The Morgan fingerprint density at radius 1 is 1.03 bits per heavy atom. The maximum Gasteiger partial charge on any atom is 0.255 e. The van der Waals surface area contributed by atoms with Gasteiger partial charge in [0.25, 0.3) is 5.91 Å². The van der Waals surface area contributed by atoms with Gasteiger partial charge >= 0.3 is 0 Å². The van der Waals surface area contributed by atoms with E-state index in [-0.39, 0.29) is 18.3 Å². The van der Waals surface area contributed by atoms with Gasteiger partial charge in [-0.3, -0.25) is 4.79 Å². The molecule has 4 aromatic rings. The zero-order valence-electron chi connectivity index (χ0n) is 19.3. The molecule has 1 N–H and O–H groups in total. The van der Waals surface area contributed by atoms with Gasteiger partial charge < -0.3 is 19.5 Å². The number of nitrogens with one attached hydrogen (secondary N) is 1. The van der Waals surface area contributed by atoms with Gasteiger partial charge in [-0.1, -0.05) is 18.2 Å². The van der Waals surface area contributed by atoms with Crippen molar-refractivity contribution in [1.29, 1.82) is 0 Å². The molecule has 1 amide bonds. The van der Waals surface area contributed by atoms with Crippen LogP contribution < -0.4 is 10.1 Å². The highest BCUT2D eigenvalue weighted by molar-refractivity contribution is 6.04. The zero-order chi connectivity index (χ0) is 24.1. The minimum Gasteiger partial charge on any atom is -0.486 e. The first kappa shape index (κ1) is 23.1. The third-order valence-corrected chi connectivity index (χ3v) is 5.24. The van der Waals surface area contributed by atoms with Gasteiger partial charge in [0.1, 0.15) is 18.2 Å². The van der Waals surface area contributed by atoms with Crippen molar-refractivity contribution in [3.8, 4) is 17.1 Å². The number of aromatic nitrogens is 3. The summed E-state index contributed by atoms with van der Waals surface area (Å²) < 4.78 is 20.8. The van der Waals surface area contributed by atoms with Gasteiger partial charge in [0.15, 0.2) is 11.6 Å². The van der Waals surface area contributed by atoms with E-state index in [1.165, 1.54) is 12.1 Å². The summed E-state index contributed by atoms with van der Waals surface area (Å²) in [5.41, 5.74) is 3.28. The number of halogens is 1. The first-order valence-corrected chi connectivity index (χ1v) is 10.8. The monoisotopic (exact) mass is 459 g/mol. The molecule has 174 valence electrons. The van der Waals surface area contributed by atoms with E-state index in [1.807, 2.05) is 74.2 Å². The summed E-state index contributed by atoms with van der Waals surface area (Å²) in [6.07, 6.45) is 0. The number of rotatable bonds is 8. The van der Waals surface area contributed by atoms with E-state index < -0.39 is 0 Å². The maximum absolute atomic E-state index is 13.3. The Balaban J connectivity index is 1.39. The third-order valence-electron chi connectivity index (χ3n) is 5.24. The second-order valence-electron chi connectivity index (χ2n) is 8.21. The van der Waals surface area contributed by atoms with Crippen molar-refractivity contribution in [2.24, 2.45) is 7.05 Å². The summed E-state index contributed by atoms with van der Waals surface area (Å²) in [5, 5.41) is 11.4. The van der Waals surface area contributed by atoms with Crippen LogP contribution in [0.15, 0.2) is 72.8 Å². The molecule has 34 heavy (non-hydrogen) atoms. The molecule has 4 rings (SSSR count). The van der Waals surface area contributed by atoms with Crippen molar-refractivity contribution in [3.63, 3.8) is 0 Å². The molecule has 0 aliphatic rings. The lowest BCUT2D eigenvalue weighted by Crippen LogP contribution is -2.13. The summed E-state index contributed by atoms with van der Waals surface area (Å²) in [5.74, 6) is 1.17. The van der Waals surface area contributed by atoms with Crippen LogP contribution in [-0.4, -0.2) is 39.7 Å². The van der Waals surface area contributed by atoms with Crippen molar-refractivity contribution in [2.75, 3.05) is 19.4 Å². The van der Waals surface area contributed by atoms with Crippen molar-refractivity contribution in [1.82, 2.24) is 19.7 Å². The first-order chi connectivity index (χ1) is 16.4. The van der Waals surface area contributed by atoms with Gasteiger partial charge in [-0.2, -0.15) is 0 Å². The lowest BCUT2D eigenvalue weighted by atomic mass is 10.1. The highest BCUT2D eigenvalue weighted by Crippen LogP contribution is 2.21. The highest BCUT2D eigenvalue weighted by atomic mass is 19.1. The number of hydrogen-bond donors (Lipinski definition) is 1. The molecule has 3 aromatic carbocycles. The van der Waals surface area contributed by atoms with Crippen LogP contribution in [0.3, 0.4) is 0 Å². The average Bonchev–Trinajstić information content (AvgIpc) is 3.18. The van der Waals surface area contributed by atoms with Gasteiger partial charge in [0.05, 0.1) is 0 Å². The second kappa shape index (κ2) is 10.3. The molecular weight excluding hydrogens is 433 g/mol. The Labute approximate surface area is 197 Å². The van der Waals surface area contributed by atoms with Crippen LogP contribution in [0.2, 0.25) is 0 Å². The van der Waals surface area contributed by atoms with Crippen LogP contribution in [0.5, 0.6) is 5.75 Å². The normalized spacial score (nSPS) is 11.0. The summed E-state index contributed by atoms with van der Waals surface area (Å²) in [7, 11) is 5.86. The van der Waals surface area contributed by atoms with E-state index in [0.29, 0.717) is 28.6 Å². The number of amides is 1. The van der Waals surface area contributed by atoms with Gasteiger partial charge in [-0.25, -0.2) is 4.39 Å². The second-order valence-corrected chi connectivity index (χ2v) is 8.21. The Morgan fingerprint density at radius 2 is 1.76 bits per heavy atom. The topological polar surface area (TPSA) is 72.3 Å². The van der Waals surface area contributed by atoms with E-state index in [1.54, 1.807) is 12.1 Å². The lowest BCUT2D eigenvalue weighted by molar-refractivity contribution is 0.102. The average molecular weight is 460 g/mol. The summed E-state index contributed by atoms with van der Waals surface area (Å²) >= 11 is 0. The van der Waals surface area contributed by atoms with Gasteiger partial charge in [0, 0.05) is 36.5 Å². The minimum absolute atomic E-state index is 0.161. The predicted molar refractivity (Wildman–Crippen MR) is 129 cm³/mol. The molecule has 0 atom stereocenters. The van der Waals surface area contributed by atoms with E-state index in [9.17, 15) is 9.18 Å². The van der Waals surface area contributed by atoms with Crippen molar-refractivity contribution in [3.05, 3.63) is 95.6 Å². The molecule has 0 radical (unpaired) electrons. The van der Waals surface area contributed by atoms with Crippen LogP contribution in [0.25, 0.3) is 11.4 Å². The minimum atomic E-state index is -0.357. The number of anilines is 1. The van der Waals surface area contributed by atoms with E-state index in [4.69, 9.17) is 4.74 Å². The van der Waals surface area contributed by atoms with E-state index in [2.05, 4.69) is 20.4 Å². The summed E-state index contributed by atoms with van der Waals surface area (Å²) in [4.78, 5) is 14.7. The van der Waals surface area contributed by atoms with Gasteiger partial charge in [0.2, 0.25) is 0 Å². The predicted octanol–water partition coefficient (Wildman–Crippen LogP) is 4.51. The summed E-state index contributed by atoms with van der Waals surface area (Å²) in [6, 6.07) is 20.9. The van der Waals surface area contributed by atoms with E-state index in [0.717, 1.165) is 17.7 Å². The number of benzene rings is 3. The fraction of sp³-hybridized carbons (Fsp3) is 0.192. The Bertz CT molecular complexity index is 1270. The molecule has 1 heterocycles. The van der Waals surface area contributed by atoms with Crippen LogP contribution >= 0.6 is 0 Å². The standard InChI is InChI=1S/C26H26FN5O2/c1-31(2)16-18-7-9-20(10-8-18)26(33)28-22-13-11-19(12-14-22)25-30-29-24(32(25)3)17-34-23-6-4-5-21(27)15-23/h4-15H,16-17H2,1-3H3,(H,28,33). The van der Waals surface area contributed by atoms with Crippen LogP contribution in [0.4, 0.5) is 10.1 Å². The van der Waals surface area contributed by atoms with Crippen molar-refractivity contribution < 1.29 is 13.9 Å². The molecule has 0 aliphatic carbocycles. The van der Waals surface area contributed by atoms with Crippen LogP contribution in [-0.2, 0) is 20.2 Å². The molecule has 0 saturated carbocycles. The Hall–Kier alpha value is -4.04. The number of nitrogens with zero attached hydrogens (tertiary/aromatic N) is 4. The molecule has 0 fully saturated rings. The zero-order valence-corrected chi connectivity index (χ0v) is 19.3. The molecule has 0 bridgehead atoms. The van der Waals surface area contributed by atoms with Crippen molar-refractivity contribution >= 4 is 11.6 Å². The van der Waals surface area contributed by atoms with Crippen molar-refractivity contribution in [2.45, 2.75) is 13.2 Å². The molecular formula is C26H26FN5O2. The number of ether oxygens (including phenoxy) is 1. The fourth-order valence-corrected chi connectivity index (χ4v) is 3.48.